The second-order valence-corrected chi connectivity index (χ2v) is 5.65. The highest BCUT2D eigenvalue weighted by Crippen LogP contribution is 2.18. The van der Waals surface area contributed by atoms with Crippen molar-refractivity contribution >= 4 is 5.91 Å². The number of nitrogens with one attached hydrogen (secondary N) is 1. The highest BCUT2D eigenvalue weighted by atomic mass is 16.5. The smallest absolute Gasteiger partial charge is 0.255 e. The van der Waals surface area contributed by atoms with Gasteiger partial charge in [-0.25, -0.2) is 0 Å². The van der Waals surface area contributed by atoms with Gasteiger partial charge in [-0.1, -0.05) is 23.8 Å². The highest BCUT2D eigenvalue weighted by Gasteiger charge is 2.09. The number of ether oxygens (including phenoxy) is 1. The van der Waals surface area contributed by atoms with Gasteiger partial charge in [0.25, 0.3) is 5.91 Å². The molecule has 2 N–H and O–H groups in total. The lowest BCUT2D eigenvalue weighted by molar-refractivity contribution is 0.0949. The van der Waals surface area contributed by atoms with E-state index in [1.807, 2.05) is 44.2 Å². The van der Waals surface area contributed by atoms with Gasteiger partial charge in [-0.05, 0) is 56.5 Å². The Morgan fingerprint density at radius 3 is 2.43 bits per heavy atom. The second kappa shape index (κ2) is 8.22. The maximum atomic E-state index is 12.0. The predicted octanol–water partition coefficient (Wildman–Crippen LogP) is 3.60. The van der Waals surface area contributed by atoms with Crippen molar-refractivity contribution in [3.8, 4) is 11.5 Å². The molecule has 0 heterocycles. The van der Waals surface area contributed by atoms with E-state index in [0.717, 1.165) is 24.2 Å². The van der Waals surface area contributed by atoms with Crippen LogP contribution in [0.5, 0.6) is 11.5 Å². The Labute approximate surface area is 137 Å². The fourth-order valence-electron chi connectivity index (χ4n) is 2.18. The van der Waals surface area contributed by atoms with Gasteiger partial charge in [0, 0.05) is 6.54 Å². The summed E-state index contributed by atoms with van der Waals surface area (Å²) in [5, 5.41) is 12.6. The molecule has 0 fully saturated rings. The lowest BCUT2D eigenvalue weighted by atomic mass is 10.1. The van der Waals surface area contributed by atoms with Gasteiger partial charge in [0.05, 0.1) is 12.2 Å². The molecule has 4 nitrogen and oxygen atoms in total. The fraction of sp³-hybridized carbons (Fsp3) is 0.316. The molecule has 1 amide bonds. The summed E-state index contributed by atoms with van der Waals surface area (Å²) in [4.78, 5) is 12.0. The third-order valence-electron chi connectivity index (χ3n) is 3.54. The van der Waals surface area contributed by atoms with E-state index in [-0.39, 0.29) is 11.7 Å². The number of hydrogen-bond acceptors (Lipinski definition) is 3. The number of rotatable bonds is 7. The molecule has 0 spiro atoms. The summed E-state index contributed by atoms with van der Waals surface area (Å²) < 4.78 is 5.63. The Morgan fingerprint density at radius 2 is 1.74 bits per heavy atom. The first-order chi connectivity index (χ1) is 11.1. The standard InChI is InChI=1S/C19H23NO3/c1-14-5-8-16(9-6-14)23-12-4-3-11-20-19(22)17-10-7-15(2)13-18(17)21/h5-10,13,21H,3-4,11-12H2,1-2H3,(H,20,22). The topological polar surface area (TPSA) is 58.6 Å². The number of amides is 1. The number of aromatic hydroxyl groups is 1. The van der Waals surface area contributed by atoms with Crippen LogP contribution in [-0.2, 0) is 0 Å². The minimum absolute atomic E-state index is 0.0187. The predicted molar refractivity (Wildman–Crippen MR) is 91.1 cm³/mol. The molecule has 122 valence electrons. The second-order valence-electron chi connectivity index (χ2n) is 5.65. The van der Waals surface area contributed by atoms with Crippen molar-refractivity contribution in [2.24, 2.45) is 0 Å². The molecule has 0 aromatic heterocycles. The van der Waals surface area contributed by atoms with Crippen LogP contribution in [0.3, 0.4) is 0 Å². The van der Waals surface area contributed by atoms with E-state index in [0.29, 0.717) is 18.7 Å². The van der Waals surface area contributed by atoms with Crippen LogP contribution in [0.2, 0.25) is 0 Å². The normalized spacial score (nSPS) is 10.3. The van der Waals surface area contributed by atoms with Gasteiger partial charge in [0.2, 0.25) is 0 Å². The maximum Gasteiger partial charge on any atom is 0.255 e. The fourth-order valence-corrected chi connectivity index (χ4v) is 2.18. The van der Waals surface area contributed by atoms with E-state index in [2.05, 4.69) is 5.32 Å². The highest BCUT2D eigenvalue weighted by molar-refractivity contribution is 5.96. The van der Waals surface area contributed by atoms with E-state index >= 15 is 0 Å². The minimum Gasteiger partial charge on any atom is -0.507 e. The van der Waals surface area contributed by atoms with Gasteiger partial charge in [-0.3, -0.25) is 4.79 Å². The van der Waals surface area contributed by atoms with E-state index < -0.39 is 0 Å². The molecule has 0 saturated carbocycles. The number of unbranched alkanes of at least 4 members (excludes halogenated alkanes) is 1. The zero-order valence-corrected chi connectivity index (χ0v) is 13.6. The van der Waals surface area contributed by atoms with Crippen LogP contribution in [0.1, 0.15) is 34.3 Å². The molecular formula is C19H23NO3. The SMILES string of the molecule is Cc1ccc(OCCCCNC(=O)c2ccc(C)cc2O)cc1. The molecule has 23 heavy (non-hydrogen) atoms. The number of hydrogen-bond donors (Lipinski definition) is 2. The zero-order valence-electron chi connectivity index (χ0n) is 13.6. The van der Waals surface area contributed by atoms with Crippen LogP contribution in [0, 0.1) is 13.8 Å². The molecule has 2 aromatic carbocycles. The summed E-state index contributed by atoms with van der Waals surface area (Å²) in [6, 6.07) is 13.0. The molecule has 0 aliphatic rings. The minimum atomic E-state index is -0.248. The Balaban J connectivity index is 1.65. The molecule has 0 atom stereocenters. The van der Waals surface area contributed by atoms with Crippen LogP contribution in [0.15, 0.2) is 42.5 Å². The number of carbonyl (C=O) groups is 1. The van der Waals surface area contributed by atoms with Gasteiger partial charge in [0.1, 0.15) is 11.5 Å². The summed E-state index contributed by atoms with van der Waals surface area (Å²) in [6.07, 6.45) is 1.68. The van der Waals surface area contributed by atoms with Crippen LogP contribution in [0.4, 0.5) is 0 Å². The van der Waals surface area contributed by atoms with E-state index in [4.69, 9.17) is 4.74 Å². The first-order valence-electron chi connectivity index (χ1n) is 7.83. The summed E-state index contributed by atoms with van der Waals surface area (Å²) >= 11 is 0. The first kappa shape index (κ1) is 16.9. The molecule has 0 saturated heterocycles. The number of benzene rings is 2. The first-order valence-corrected chi connectivity index (χ1v) is 7.83. The molecule has 0 bridgehead atoms. The largest absolute Gasteiger partial charge is 0.507 e. The number of carbonyl (C=O) groups excluding carboxylic acids is 1. The van der Waals surface area contributed by atoms with Gasteiger partial charge in [-0.15, -0.1) is 0 Å². The van der Waals surface area contributed by atoms with E-state index in [1.54, 1.807) is 12.1 Å². The van der Waals surface area contributed by atoms with Crippen molar-refractivity contribution in [3.05, 3.63) is 59.2 Å². The van der Waals surface area contributed by atoms with Gasteiger partial charge >= 0.3 is 0 Å². The molecule has 0 aliphatic carbocycles. The van der Waals surface area contributed by atoms with Crippen LogP contribution >= 0.6 is 0 Å². The molecule has 0 aliphatic heterocycles. The Hall–Kier alpha value is -2.49. The lowest BCUT2D eigenvalue weighted by Gasteiger charge is -2.08. The molecule has 0 unspecified atom stereocenters. The lowest BCUT2D eigenvalue weighted by Crippen LogP contribution is -2.24. The number of aryl methyl sites for hydroxylation is 2. The van der Waals surface area contributed by atoms with Crippen molar-refractivity contribution < 1.29 is 14.6 Å². The molecule has 0 radical (unpaired) electrons. The van der Waals surface area contributed by atoms with Gasteiger partial charge < -0.3 is 15.2 Å². The van der Waals surface area contributed by atoms with Crippen LogP contribution < -0.4 is 10.1 Å². The Bertz CT molecular complexity index is 650. The van der Waals surface area contributed by atoms with Crippen LogP contribution in [0.25, 0.3) is 0 Å². The summed E-state index contributed by atoms with van der Waals surface area (Å²) in [7, 11) is 0. The van der Waals surface area contributed by atoms with Gasteiger partial charge in [0.15, 0.2) is 0 Å². The van der Waals surface area contributed by atoms with E-state index in [9.17, 15) is 9.90 Å². The number of phenols is 1. The van der Waals surface area contributed by atoms with Crippen molar-refractivity contribution in [1.29, 1.82) is 0 Å². The average molecular weight is 313 g/mol. The quantitative estimate of drug-likeness (QED) is 0.768. The molecular weight excluding hydrogens is 290 g/mol. The third-order valence-corrected chi connectivity index (χ3v) is 3.54. The van der Waals surface area contributed by atoms with Crippen molar-refractivity contribution in [1.82, 2.24) is 5.32 Å². The summed E-state index contributed by atoms with van der Waals surface area (Å²) in [5.41, 5.74) is 2.44. The molecule has 2 rings (SSSR count). The van der Waals surface area contributed by atoms with Crippen LogP contribution in [-0.4, -0.2) is 24.2 Å². The van der Waals surface area contributed by atoms with Crippen molar-refractivity contribution in [2.45, 2.75) is 26.7 Å². The van der Waals surface area contributed by atoms with E-state index in [1.165, 1.54) is 5.56 Å². The Morgan fingerprint density at radius 1 is 1.04 bits per heavy atom. The molecule has 2 aromatic rings. The summed E-state index contributed by atoms with van der Waals surface area (Å²) in [6.45, 7) is 5.09. The molecule has 4 heteroatoms. The van der Waals surface area contributed by atoms with Gasteiger partial charge in [-0.2, -0.15) is 0 Å². The summed E-state index contributed by atoms with van der Waals surface area (Å²) in [5.74, 6) is 0.636. The number of phenolic OH excluding ortho intramolecular Hbond substituents is 1. The maximum absolute atomic E-state index is 12.0. The third kappa shape index (κ3) is 5.33. The monoisotopic (exact) mass is 313 g/mol. The van der Waals surface area contributed by atoms with Crippen molar-refractivity contribution in [3.63, 3.8) is 0 Å². The van der Waals surface area contributed by atoms with Crippen molar-refractivity contribution in [2.75, 3.05) is 13.2 Å². The zero-order chi connectivity index (χ0) is 16.7. The average Bonchev–Trinajstić information content (AvgIpc) is 2.52. The Kier molecular flexibility index (Phi) is 6.03.